The molecule has 2 atom stereocenters. The van der Waals surface area contributed by atoms with Crippen molar-refractivity contribution in [3.63, 3.8) is 0 Å². The Morgan fingerprint density at radius 1 is 0.640 bits per heavy atom. The molecule has 2 aromatic heterocycles. The second kappa shape index (κ2) is 27.8. The van der Waals surface area contributed by atoms with Crippen LogP contribution in [-0.2, 0) is 22.7 Å². The largest absolute Gasteiger partial charge is 0.399 e. The summed E-state index contributed by atoms with van der Waals surface area (Å²) in [7, 11) is 0. The van der Waals surface area contributed by atoms with Gasteiger partial charge in [-0.1, -0.05) is 0 Å². The minimum absolute atomic E-state index is 0.0434. The number of benzene rings is 3. The Balaban J connectivity index is 0.000000151. The van der Waals surface area contributed by atoms with Gasteiger partial charge in [0.15, 0.2) is 11.6 Å². The number of nitrogen functional groups attached to an aromatic ring is 1. The molecule has 20 heteroatoms. The van der Waals surface area contributed by atoms with Gasteiger partial charge in [0.2, 0.25) is 11.8 Å². The quantitative estimate of drug-likeness (QED) is 0.0486. The fraction of sp³-hybridized carbons (Fsp3) is 0.455. The molecule has 0 bridgehead atoms. The fourth-order valence-corrected chi connectivity index (χ4v) is 10.3. The van der Waals surface area contributed by atoms with Crippen molar-refractivity contribution < 1.29 is 27.9 Å². The van der Waals surface area contributed by atoms with Gasteiger partial charge in [-0.05, 0) is 141 Å². The van der Waals surface area contributed by atoms with Crippen LogP contribution in [0.2, 0.25) is 0 Å². The number of carbonyl (C=O) groups is 2. The molecule has 2 amide bonds. The third kappa shape index (κ3) is 15.4. The van der Waals surface area contributed by atoms with E-state index in [1.54, 1.807) is 37.4 Å². The Labute approximate surface area is 448 Å². The Hall–Kier alpha value is -5.89. The first-order valence-corrected chi connectivity index (χ1v) is 26.9. The molecule has 6 aliphatic heterocycles. The number of pyridine rings is 2. The maximum Gasteiger partial charge on any atom is 0.247 e. The van der Waals surface area contributed by atoms with E-state index in [9.17, 15) is 22.8 Å². The Bertz CT molecular complexity index is 2690. The minimum Gasteiger partial charge on any atom is -0.399 e. The molecule has 0 radical (unpaired) electrons. The van der Waals surface area contributed by atoms with Gasteiger partial charge in [-0.25, -0.2) is 23.1 Å². The van der Waals surface area contributed by atoms with E-state index < -0.39 is 0 Å². The van der Waals surface area contributed by atoms with Gasteiger partial charge in [-0.15, -0.1) is 23.2 Å². The molecule has 6 aliphatic rings. The summed E-state index contributed by atoms with van der Waals surface area (Å²) in [5.41, 5.74) is 14.5. The molecule has 75 heavy (non-hydrogen) atoms. The number of nitrogens with one attached hydrogen (secondary N) is 4. The molecule has 0 saturated carbocycles. The summed E-state index contributed by atoms with van der Waals surface area (Å²) in [5, 5.41) is 21.2. The molecular formula is C55H71Cl2F3N12O3. The van der Waals surface area contributed by atoms with Crippen LogP contribution in [0.15, 0.2) is 79.1 Å². The monoisotopic (exact) mass is 1070 g/mol. The number of fused-ring (bicyclic) bond motifs is 6. The van der Waals surface area contributed by atoms with E-state index in [-0.39, 0.29) is 48.0 Å². The molecule has 0 aliphatic carbocycles. The second-order valence-electron chi connectivity index (χ2n) is 19.3. The summed E-state index contributed by atoms with van der Waals surface area (Å²) >= 11 is 10.7. The highest BCUT2D eigenvalue weighted by molar-refractivity contribution is 6.18. The lowest BCUT2D eigenvalue weighted by atomic mass is 10.1. The van der Waals surface area contributed by atoms with Gasteiger partial charge in [-0.2, -0.15) is 0 Å². The van der Waals surface area contributed by atoms with Gasteiger partial charge in [0.1, 0.15) is 29.5 Å². The maximum atomic E-state index is 13.4. The summed E-state index contributed by atoms with van der Waals surface area (Å²) in [5.74, 6) is 2.64. The molecule has 11 rings (SSSR count). The van der Waals surface area contributed by atoms with Crippen molar-refractivity contribution in [2.75, 3.05) is 126 Å². The van der Waals surface area contributed by atoms with Crippen LogP contribution in [0.5, 0.6) is 0 Å². The number of aliphatic hydroxyl groups excluding tert-OH is 1. The number of amides is 2. The van der Waals surface area contributed by atoms with Crippen LogP contribution in [0.4, 0.5) is 53.2 Å². The molecule has 4 saturated heterocycles. The Morgan fingerprint density at radius 2 is 1.11 bits per heavy atom. The van der Waals surface area contributed by atoms with Crippen LogP contribution in [0.25, 0.3) is 0 Å². The molecule has 7 N–H and O–H groups in total. The van der Waals surface area contributed by atoms with Crippen LogP contribution in [0, 0.1) is 38.2 Å². The first-order chi connectivity index (χ1) is 36.3. The van der Waals surface area contributed by atoms with E-state index in [0.717, 1.165) is 173 Å². The number of nitrogens with zero attached hydrogens (tertiary/aromatic N) is 7. The highest BCUT2D eigenvalue weighted by Gasteiger charge is 2.38. The van der Waals surface area contributed by atoms with Gasteiger partial charge in [0.05, 0.1) is 18.0 Å². The SMILES string of the molecule is Cc1cc(F)ccc1N.Cc1cc(F)ccc1N1CCN(Cc2cnc3c(c2)NC(=O)[C@@H]2CCCN32)CC1.Cc1cc(F)ccc1N1CCNCC1.ClCCNCCCl.O=C1Nc2cc(CO)cnc2N2CCC[C@@H]12. The standard InChI is InChI=1S/C22H26FN5O.C11H15FN2.C11H13N3O2.C7H8FN.C4H9Cl2N/c1-15-11-17(23)4-5-19(15)27-9-7-26(8-10-27)14-16-12-18-21(24-13-16)28-6-2-3-20(28)22(29)25-18;1-9-8-10(12)2-3-11(9)14-6-4-13-5-7-14;15-6-7-4-8-10(12-5-7)14-3-1-2-9(14)11(16)13-8;1-5-4-6(8)2-3-7(5)9;5-1-3-7-4-2-6/h4-5,11-13,20H,2-3,6-10,14H2,1H3,(H,25,29);2-3,8,13H,4-7H2,1H3;4-5,9,15H,1-3,6H2,(H,13,16);2-4H,9H2,1H3;7H,1-4H2/t20-;;9-;;/m0.0../s1. The minimum atomic E-state index is -0.235. The summed E-state index contributed by atoms with van der Waals surface area (Å²) < 4.78 is 38.5. The zero-order valence-electron chi connectivity index (χ0n) is 43.2. The number of piperazine rings is 2. The fourth-order valence-electron chi connectivity index (χ4n) is 9.99. The maximum absolute atomic E-state index is 13.4. The van der Waals surface area contributed by atoms with Crippen molar-refractivity contribution >= 4 is 75.1 Å². The number of halogens is 5. The molecular weight excluding hydrogens is 1000 g/mol. The van der Waals surface area contributed by atoms with Crippen molar-refractivity contribution in [2.45, 2.75) is 71.7 Å². The third-order valence-electron chi connectivity index (χ3n) is 13.9. The van der Waals surface area contributed by atoms with Crippen LogP contribution in [0.1, 0.15) is 53.5 Å². The second-order valence-corrected chi connectivity index (χ2v) is 20.0. The van der Waals surface area contributed by atoms with Crippen LogP contribution < -0.4 is 46.6 Å². The van der Waals surface area contributed by atoms with E-state index in [2.05, 4.69) is 61.8 Å². The van der Waals surface area contributed by atoms with Gasteiger partial charge in [0.25, 0.3) is 0 Å². The first kappa shape index (κ1) is 56.8. The molecule has 404 valence electrons. The number of aryl methyl sites for hydroxylation is 3. The number of hydrogen-bond donors (Lipinski definition) is 6. The van der Waals surface area contributed by atoms with Gasteiger partial charge < -0.3 is 51.7 Å². The summed E-state index contributed by atoms with van der Waals surface area (Å²) in [4.78, 5) is 44.4. The van der Waals surface area contributed by atoms with Gasteiger partial charge >= 0.3 is 0 Å². The van der Waals surface area contributed by atoms with Gasteiger partial charge in [-0.3, -0.25) is 14.5 Å². The van der Waals surface area contributed by atoms with Crippen molar-refractivity contribution in [3.8, 4) is 0 Å². The molecule has 15 nitrogen and oxygen atoms in total. The van der Waals surface area contributed by atoms with Crippen LogP contribution in [0.3, 0.4) is 0 Å². The highest BCUT2D eigenvalue weighted by atomic mass is 35.5. The lowest BCUT2D eigenvalue weighted by molar-refractivity contribution is -0.118. The van der Waals surface area contributed by atoms with Crippen molar-refractivity contribution in [1.29, 1.82) is 0 Å². The number of aromatic nitrogens is 2. The number of aliphatic hydroxyl groups is 1. The van der Waals surface area contributed by atoms with E-state index in [1.807, 2.05) is 32.2 Å². The molecule has 8 heterocycles. The number of nitrogens with two attached hydrogens (primary N) is 1. The third-order valence-corrected chi connectivity index (χ3v) is 14.2. The number of rotatable bonds is 9. The topological polar surface area (TPSA) is 170 Å². The van der Waals surface area contributed by atoms with Crippen molar-refractivity contribution in [1.82, 2.24) is 25.5 Å². The van der Waals surface area contributed by atoms with Gasteiger partial charge in [0, 0.05) is 126 Å². The van der Waals surface area contributed by atoms with Crippen molar-refractivity contribution in [3.05, 3.63) is 124 Å². The number of alkyl halides is 2. The zero-order chi connectivity index (χ0) is 53.4. The predicted molar refractivity (Wildman–Crippen MR) is 297 cm³/mol. The van der Waals surface area contributed by atoms with Crippen LogP contribution in [-0.4, -0.2) is 134 Å². The van der Waals surface area contributed by atoms with E-state index in [4.69, 9.17) is 34.0 Å². The van der Waals surface area contributed by atoms with E-state index >= 15 is 0 Å². The molecule has 3 aromatic carbocycles. The Morgan fingerprint density at radius 3 is 1.57 bits per heavy atom. The van der Waals surface area contributed by atoms with Crippen molar-refractivity contribution in [2.24, 2.45) is 0 Å². The highest BCUT2D eigenvalue weighted by Crippen LogP contribution is 2.37. The zero-order valence-corrected chi connectivity index (χ0v) is 44.7. The number of carbonyl (C=O) groups excluding carboxylic acids is 2. The predicted octanol–water partition coefficient (Wildman–Crippen LogP) is 7.58. The molecule has 4 fully saturated rings. The van der Waals surface area contributed by atoms with Crippen LogP contribution >= 0.6 is 23.2 Å². The average Bonchev–Trinajstić information content (AvgIpc) is 4.12. The lowest BCUT2D eigenvalue weighted by Gasteiger charge is -2.37. The lowest BCUT2D eigenvalue weighted by Crippen LogP contribution is -2.46. The summed E-state index contributed by atoms with van der Waals surface area (Å²) in [6.07, 6.45) is 7.48. The van der Waals surface area contributed by atoms with E-state index in [0.29, 0.717) is 17.4 Å². The first-order valence-electron chi connectivity index (χ1n) is 25.8. The number of anilines is 7. The molecule has 0 spiro atoms. The number of hydrogen-bond acceptors (Lipinski definition) is 13. The smallest absolute Gasteiger partial charge is 0.247 e. The van der Waals surface area contributed by atoms with E-state index in [1.165, 1.54) is 24.3 Å². The molecule has 0 unspecified atom stereocenters. The normalized spacial score (nSPS) is 18.5. The molecule has 5 aromatic rings. The summed E-state index contributed by atoms with van der Waals surface area (Å²) in [6.45, 7) is 17.7. The Kier molecular flexibility index (Phi) is 21.0. The average molecular weight is 1080 g/mol. The summed E-state index contributed by atoms with van der Waals surface area (Å²) in [6, 6.07) is 18.1.